The van der Waals surface area contributed by atoms with Crippen LogP contribution in [0.1, 0.15) is 24.2 Å². The number of hydrogen-bond donors (Lipinski definition) is 2. The Balaban J connectivity index is 2.71. The Kier molecular flexibility index (Phi) is 4.25. The van der Waals surface area contributed by atoms with Gasteiger partial charge in [-0.05, 0) is 12.0 Å². The van der Waals surface area contributed by atoms with E-state index in [0.717, 1.165) is 6.26 Å². The lowest BCUT2D eigenvalue weighted by Gasteiger charge is -2.19. The van der Waals surface area contributed by atoms with Gasteiger partial charge < -0.3 is 14.8 Å². The highest BCUT2D eigenvalue weighted by Crippen LogP contribution is 2.03. The fourth-order valence-electron chi connectivity index (χ4n) is 1.16. The Morgan fingerprint density at radius 2 is 2.19 bits per heavy atom. The van der Waals surface area contributed by atoms with Crippen molar-refractivity contribution < 1.29 is 14.3 Å². The van der Waals surface area contributed by atoms with E-state index in [1.54, 1.807) is 0 Å². The van der Waals surface area contributed by atoms with E-state index in [-0.39, 0.29) is 30.0 Å². The molecule has 5 nitrogen and oxygen atoms in total. The van der Waals surface area contributed by atoms with Crippen LogP contribution in [0.4, 0.5) is 0 Å². The van der Waals surface area contributed by atoms with Gasteiger partial charge in [-0.1, -0.05) is 13.8 Å². The van der Waals surface area contributed by atoms with Crippen LogP contribution in [0.2, 0.25) is 0 Å². The third-order valence-corrected chi connectivity index (χ3v) is 2.28. The fraction of sp³-hybridized carbons (Fsp3) is 0.455. The van der Waals surface area contributed by atoms with Gasteiger partial charge in [0.2, 0.25) is 0 Å². The maximum atomic E-state index is 11.6. The van der Waals surface area contributed by atoms with Crippen molar-refractivity contribution in [1.29, 1.82) is 0 Å². The van der Waals surface area contributed by atoms with Gasteiger partial charge in [0.1, 0.15) is 6.26 Å². The van der Waals surface area contributed by atoms with Gasteiger partial charge in [-0.2, -0.15) is 0 Å². The normalized spacial score (nSPS) is 12.5. The van der Waals surface area contributed by atoms with E-state index >= 15 is 0 Å². The van der Waals surface area contributed by atoms with Gasteiger partial charge in [0.15, 0.2) is 0 Å². The molecule has 0 spiro atoms. The van der Waals surface area contributed by atoms with Crippen LogP contribution < -0.4 is 10.9 Å². The smallest absolute Gasteiger partial charge is 0.335 e. The predicted octanol–water partition coefficient (Wildman–Crippen LogP) is 0.387. The van der Waals surface area contributed by atoms with Gasteiger partial charge in [-0.3, -0.25) is 4.79 Å². The van der Waals surface area contributed by atoms with Crippen molar-refractivity contribution in [1.82, 2.24) is 5.32 Å². The van der Waals surface area contributed by atoms with E-state index in [2.05, 4.69) is 9.73 Å². The summed E-state index contributed by atoms with van der Waals surface area (Å²) in [7, 11) is 0. The average Bonchev–Trinajstić information content (AvgIpc) is 2.26. The molecule has 0 saturated heterocycles. The second-order valence-corrected chi connectivity index (χ2v) is 3.85. The third-order valence-electron chi connectivity index (χ3n) is 2.28. The van der Waals surface area contributed by atoms with Crippen LogP contribution in [0.5, 0.6) is 0 Å². The first kappa shape index (κ1) is 12.4. The lowest BCUT2D eigenvalue weighted by molar-refractivity contribution is 0.0894. The highest BCUT2D eigenvalue weighted by atomic mass is 16.4. The number of rotatable bonds is 4. The minimum Gasteiger partial charge on any atom is -0.430 e. The average molecular weight is 225 g/mol. The molecular formula is C11H15NO4. The van der Waals surface area contributed by atoms with Crippen molar-refractivity contribution >= 4 is 5.91 Å². The monoisotopic (exact) mass is 225 g/mol. The molecule has 1 unspecified atom stereocenters. The number of carbonyl (C=O) groups excluding carboxylic acids is 1. The molecule has 0 aliphatic carbocycles. The van der Waals surface area contributed by atoms with Crippen LogP contribution in [0.3, 0.4) is 0 Å². The highest BCUT2D eigenvalue weighted by molar-refractivity contribution is 5.93. The summed E-state index contributed by atoms with van der Waals surface area (Å²) in [5, 5.41) is 11.7. The van der Waals surface area contributed by atoms with Crippen molar-refractivity contribution in [2.75, 3.05) is 6.61 Å². The van der Waals surface area contributed by atoms with E-state index in [4.69, 9.17) is 5.11 Å². The first-order valence-electron chi connectivity index (χ1n) is 5.05. The molecule has 1 atom stereocenters. The van der Waals surface area contributed by atoms with Crippen molar-refractivity contribution in [2.24, 2.45) is 5.92 Å². The molecule has 0 bridgehead atoms. The van der Waals surface area contributed by atoms with Crippen LogP contribution in [0.15, 0.2) is 27.6 Å². The van der Waals surface area contributed by atoms with Crippen LogP contribution in [0, 0.1) is 5.92 Å². The fourth-order valence-corrected chi connectivity index (χ4v) is 1.16. The molecule has 1 heterocycles. The quantitative estimate of drug-likeness (QED) is 0.776. The SMILES string of the molecule is CC(C)C(CO)NC(=O)c1ccc(=O)oc1. The molecule has 1 amide bonds. The Bertz CT molecular complexity index is 390. The minimum atomic E-state index is -0.501. The molecular weight excluding hydrogens is 210 g/mol. The van der Waals surface area contributed by atoms with Gasteiger partial charge in [0, 0.05) is 6.07 Å². The third kappa shape index (κ3) is 3.20. The molecule has 0 radical (unpaired) electrons. The number of aliphatic hydroxyl groups excluding tert-OH is 1. The first-order valence-corrected chi connectivity index (χ1v) is 5.05. The first-order chi connectivity index (χ1) is 7.54. The van der Waals surface area contributed by atoms with Gasteiger partial charge in [0.25, 0.3) is 5.91 Å². The molecule has 16 heavy (non-hydrogen) atoms. The number of aliphatic hydroxyl groups is 1. The van der Waals surface area contributed by atoms with E-state index in [9.17, 15) is 9.59 Å². The van der Waals surface area contributed by atoms with Crippen molar-refractivity contribution in [3.05, 3.63) is 34.4 Å². The van der Waals surface area contributed by atoms with E-state index < -0.39 is 5.63 Å². The van der Waals surface area contributed by atoms with Crippen molar-refractivity contribution in [2.45, 2.75) is 19.9 Å². The number of carbonyl (C=O) groups is 1. The van der Waals surface area contributed by atoms with Crippen LogP contribution in [0.25, 0.3) is 0 Å². The topological polar surface area (TPSA) is 79.5 Å². The predicted molar refractivity (Wildman–Crippen MR) is 58.2 cm³/mol. The summed E-state index contributed by atoms with van der Waals surface area (Å²) in [6.45, 7) is 3.67. The summed E-state index contributed by atoms with van der Waals surface area (Å²) in [6, 6.07) is 2.26. The Labute approximate surface area is 93.1 Å². The van der Waals surface area contributed by atoms with Gasteiger partial charge in [0.05, 0.1) is 18.2 Å². The molecule has 1 aromatic heterocycles. The minimum absolute atomic E-state index is 0.125. The molecule has 5 heteroatoms. The number of hydrogen-bond acceptors (Lipinski definition) is 4. The summed E-state index contributed by atoms with van der Waals surface area (Å²) in [4.78, 5) is 22.3. The molecule has 0 saturated carbocycles. The zero-order valence-corrected chi connectivity index (χ0v) is 9.27. The van der Waals surface area contributed by atoms with Gasteiger partial charge in [-0.25, -0.2) is 4.79 Å². The zero-order valence-electron chi connectivity index (χ0n) is 9.27. The van der Waals surface area contributed by atoms with E-state index in [1.807, 2.05) is 13.8 Å². The molecule has 0 aromatic carbocycles. The Morgan fingerprint density at radius 1 is 1.50 bits per heavy atom. The molecule has 2 N–H and O–H groups in total. The summed E-state index contributed by atoms with van der Waals surface area (Å²) < 4.78 is 4.58. The summed E-state index contributed by atoms with van der Waals surface area (Å²) >= 11 is 0. The van der Waals surface area contributed by atoms with Crippen LogP contribution in [-0.4, -0.2) is 23.7 Å². The van der Waals surface area contributed by atoms with Crippen LogP contribution in [-0.2, 0) is 0 Å². The molecule has 88 valence electrons. The largest absolute Gasteiger partial charge is 0.430 e. The lowest BCUT2D eigenvalue weighted by atomic mass is 10.1. The lowest BCUT2D eigenvalue weighted by Crippen LogP contribution is -2.41. The highest BCUT2D eigenvalue weighted by Gasteiger charge is 2.16. The number of nitrogens with one attached hydrogen (secondary N) is 1. The second-order valence-electron chi connectivity index (χ2n) is 3.85. The van der Waals surface area contributed by atoms with E-state index in [1.165, 1.54) is 12.1 Å². The van der Waals surface area contributed by atoms with Gasteiger partial charge >= 0.3 is 5.63 Å². The molecule has 0 aliphatic rings. The Morgan fingerprint density at radius 3 is 2.62 bits per heavy atom. The molecule has 0 fully saturated rings. The van der Waals surface area contributed by atoms with Crippen molar-refractivity contribution in [3.8, 4) is 0 Å². The summed E-state index contributed by atoms with van der Waals surface area (Å²) in [6.07, 6.45) is 1.10. The van der Waals surface area contributed by atoms with Gasteiger partial charge in [-0.15, -0.1) is 0 Å². The molecule has 1 rings (SSSR count). The summed E-state index contributed by atoms with van der Waals surface area (Å²) in [5.41, 5.74) is -0.238. The zero-order chi connectivity index (χ0) is 12.1. The Hall–Kier alpha value is -1.62. The molecule has 1 aromatic rings. The standard InChI is InChI=1S/C11H15NO4/c1-7(2)9(5-13)12-11(15)8-3-4-10(14)16-6-8/h3-4,6-7,9,13H,5H2,1-2H3,(H,12,15). The maximum absolute atomic E-state index is 11.6. The van der Waals surface area contributed by atoms with E-state index in [0.29, 0.717) is 0 Å². The maximum Gasteiger partial charge on any atom is 0.335 e. The number of amides is 1. The van der Waals surface area contributed by atoms with Crippen molar-refractivity contribution in [3.63, 3.8) is 0 Å². The van der Waals surface area contributed by atoms with Crippen LogP contribution >= 0.6 is 0 Å². The summed E-state index contributed by atoms with van der Waals surface area (Å²) in [5.74, 6) is -0.235. The second kappa shape index (κ2) is 5.46. The molecule has 0 aliphatic heterocycles.